The summed E-state index contributed by atoms with van der Waals surface area (Å²) in [6.45, 7) is 0.151. The molecule has 0 saturated carbocycles. The van der Waals surface area contributed by atoms with Crippen molar-refractivity contribution in [3.05, 3.63) is 72.9 Å². The number of oxazole rings is 1. The number of carbonyl (C=O) groups excluding carboxylic acids is 1. The molecule has 0 aliphatic heterocycles. The number of nitrogens with one attached hydrogen (secondary N) is 1. The second kappa shape index (κ2) is 8.29. The summed E-state index contributed by atoms with van der Waals surface area (Å²) in [5, 5.41) is 2.36. The van der Waals surface area contributed by atoms with Gasteiger partial charge in [0.05, 0.1) is 13.3 Å². The van der Waals surface area contributed by atoms with Crippen molar-refractivity contribution >= 4 is 28.7 Å². The second-order valence-electron chi connectivity index (χ2n) is 6.12. The lowest BCUT2D eigenvalue weighted by atomic mass is 10.1. The maximum Gasteiger partial charge on any atom is 0.320 e. The van der Waals surface area contributed by atoms with Crippen molar-refractivity contribution in [1.29, 1.82) is 0 Å². The number of ether oxygens (including phenoxy) is 1. The zero-order valence-electron chi connectivity index (χ0n) is 15.2. The van der Waals surface area contributed by atoms with Gasteiger partial charge in [0.25, 0.3) is 0 Å². The van der Waals surface area contributed by atoms with E-state index < -0.39 is 0 Å². The molecule has 0 fully saturated rings. The number of methoxy groups -OCH3 is 1. The zero-order valence-corrected chi connectivity index (χ0v) is 16.0. The van der Waals surface area contributed by atoms with Crippen LogP contribution in [-0.4, -0.2) is 24.6 Å². The first-order chi connectivity index (χ1) is 13.7. The fraction of sp³-hybridized carbons (Fsp3) is 0.0909. The summed E-state index contributed by atoms with van der Waals surface area (Å²) >= 11 is 1.37. The van der Waals surface area contributed by atoms with Gasteiger partial charge in [-0.3, -0.25) is 4.79 Å². The molecular formula is C22H18N2O3S. The molecular weight excluding hydrogens is 372 g/mol. The zero-order chi connectivity index (χ0) is 19.3. The first-order valence-corrected chi connectivity index (χ1v) is 9.56. The van der Waals surface area contributed by atoms with Crippen molar-refractivity contribution in [1.82, 2.24) is 9.71 Å². The van der Waals surface area contributed by atoms with E-state index in [0.717, 1.165) is 21.8 Å². The summed E-state index contributed by atoms with van der Waals surface area (Å²) in [5.41, 5.74) is 1.89. The van der Waals surface area contributed by atoms with Crippen molar-refractivity contribution in [2.75, 3.05) is 13.7 Å². The van der Waals surface area contributed by atoms with Gasteiger partial charge in [0.1, 0.15) is 6.54 Å². The highest BCUT2D eigenvalue weighted by atomic mass is 32.2. The summed E-state index contributed by atoms with van der Waals surface area (Å²) in [4.78, 5) is 16.5. The van der Waals surface area contributed by atoms with Crippen molar-refractivity contribution < 1.29 is 13.9 Å². The molecule has 0 amide bonds. The minimum Gasteiger partial charge on any atom is -0.468 e. The van der Waals surface area contributed by atoms with E-state index in [-0.39, 0.29) is 12.5 Å². The number of aromatic nitrogens is 1. The lowest BCUT2D eigenvalue weighted by molar-refractivity contribution is -0.139. The van der Waals surface area contributed by atoms with E-state index in [1.807, 2.05) is 42.5 Å². The van der Waals surface area contributed by atoms with Gasteiger partial charge in [0.2, 0.25) is 5.89 Å². The average Bonchev–Trinajstić information content (AvgIpc) is 3.24. The molecule has 0 unspecified atom stereocenters. The van der Waals surface area contributed by atoms with Crippen LogP contribution < -0.4 is 4.72 Å². The molecule has 0 radical (unpaired) electrons. The van der Waals surface area contributed by atoms with E-state index in [9.17, 15) is 4.79 Å². The van der Waals surface area contributed by atoms with Crippen molar-refractivity contribution in [3.63, 3.8) is 0 Å². The van der Waals surface area contributed by atoms with E-state index in [4.69, 9.17) is 4.42 Å². The summed E-state index contributed by atoms with van der Waals surface area (Å²) in [6, 6.07) is 22.2. The number of rotatable bonds is 6. The topological polar surface area (TPSA) is 64.4 Å². The highest BCUT2D eigenvalue weighted by Crippen LogP contribution is 2.29. The summed E-state index contributed by atoms with van der Waals surface area (Å²) < 4.78 is 13.5. The fourth-order valence-corrected chi connectivity index (χ4v) is 3.43. The standard InChI is InChI=1S/C22H18N2O3S/c1-26-21(25)14-24-28-19-10-8-16(9-11-19)22-23-13-20(27-22)18-7-6-15-4-2-3-5-17(15)12-18/h2-13,24H,14H2,1H3. The number of esters is 1. The Morgan fingerprint density at radius 3 is 2.57 bits per heavy atom. The number of benzene rings is 3. The fourth-order valence-electron chi connectivity index (χ4n) is 2.80. The molecule has 28 heavy (non-hydrogen) atoms. The first-order valence-electron chi connectivity index (χ1n) is 8.75. The van der Waals surface area contributed by atoms with Gasteiger partial charge >= 0.3 is 5.97 Å². The lowest BCUT2D eigenvalue weighted by Crippen LogP contribution is -2.17. The molecule has 5 nitrogen and oxygen atoms in total. The highest BCUT2D eigenvalue weighted by molar-refractivity contribution is 7.97. The Hall–Kier alpha value is -3.09. The third kappa shape index (κ3) is 4.08. The molecule has 140 valence electrons. The van der Waals surface area contributed by atoms with E-state index in [0.29, 0.717) is 5.89 Å². The maximum absolute atomic E-state index is 11.1. The third-order valence-electron chi connectivity index (χ3n) is 4.28. The maximum atomic E-state index is 11.1. The molecule has 1 aromatic heterocycles. The summed E-state index contributed by atoms with van der Waals surface area (Å²) in [5.74, 6) is 1.01. The van der Waals surface area contributed by atoms with Gasteiger partial charge in [-0.25, -0.2) is 9.71 Å². The van der Waals surface area contributed by atoms with Crippen LogP contribution in [-0.2, 0) is 9.53 Å². The lowest BCUT2D eigenvalue weighted by Gasteiger charge is -2.03. The van der Waals surface area contributed by atoms with Gasteiger partial charge < -0.3 is 9.15 Å². The number of nitrogens with zero attached hydrogens (tertiary/aromatic N) is 1. The molecule has 1 N–H and O–H groups in total. The minimum atomic E-state index is -0.301. The SMILES string of the molecule is COC(=O)CNSc1ccc(-c2ncc(-c3ccc4ccccc4c3)o2)cc1. The van der Waals surface area contributed by atoms with Crippen LogP contribution in [0.3, 0.4) is 0 Å². The Labute approximate surface area is 166 Å². The van der Waals surface area contributed by atoms with Crippen molar-refractivity contribution in [2.24, 2.45) is 0 Å². The molecule has 4 rings (SSSR count). The normalized spacial score (nSPS) is 10.9. The van der Waals surface area contributed by atoms with E-state index in [1.54, 1.807) is 6.20 Å². The molecule has 0 saturated heterocycles. The molecule has 3 aromatic carbocycles. The van der Waals surface area contributed by atoms with Crippen molar-refractivity contribution in [2.45, 2.75) is 4.90 Å². The van der Waals surface area contributed by atoms with Crippen molar-refractivity contribution in [3.8, 4) is 22.8 Å². The Morgan fingerprint density at radius 1 is 1.04 bits per heavy atom. The largest absolute Gasteiger partial charge is 0.468 e. The quantitative estimate of drug-likeness (QED) is 0.372. The number of hydrogen-bond acceptors (Lipinski definition) is 6. The molecule has 6 heteroatoms. The van der Waals surface area contributed by atoms with Gasteiger partial charge in [-0.2, -0.15) is 0 Å². The van der Waals surface area contributed by atoms with Crippen LogP contribution >= 0.6 is 11.9 Å². The van der Waals surface area contributed by atoms with Crippen LogP contribution in [0.1, 0.15) is 0 Å². The van der Waals surface area contributed by atoms with Gasteiger partial charge in [-0.15, -0.1) is 0 Å². The van der Waals surface area contributed by atoms with Gasteiger partial charge in [0.15, 0.2) is 5.76 Å². The monoisotopic (exact) mass is 390 g/mol. The molecule has 4 aromatic rings. The first kappa shape index (κ1) is 18.3. The molecule has 1 heterocycles. The van der Waals surface area contributed by atoms with Gasteiger partial charge in [-0.1, -0.05) is 36.4 Å². The van der Waals surface area contributed by atoms with Gasteiger partial charge in [-0.05, 0) is 53.1 Å². The van der Waals surface area contributed by atoms with Gasteiger partial charge in [0, 0.05) is 16.0 Å². The van der Waals surface area contributed by atoms with Crippen LogP contribution in [0.2, 0.25) is 0 Å². The Balaban J connectivity index is 1.48. The predicted octanol–water partition coefficient (Wildman–Crippen LogP) is 4.93. The van der Waals surface area contributed by atoms with E-state index in [1.165, 1.54) is 29.8 Å². The van der Waals surface area contributed by atoms with E-state index >= 15 is 0 Å². The predicted molar refractivity (Wildman–Crippen MR) is 111 cm³/mol. The van der Waals surface area contributed by atoms with Crippen LogP contribution in [0.5, 0.6) is 0 Å². The van der Waals surface area contributed by atoms with Crippen LogP contribution in [0, 0.1) is 0 Å². The second-order valence-corrected chi connectivity index (χ2v) is 7.08. The molecule has 0 spiro atoms. The van der Waals surface area contributed by atoms with Crippen LogP contribution in [0.4, 0.5) is 0 Å². The minimum absolute atomic E-state index is 0.151. The van der Waals surface area contributed by atoms with Crippen LogP contribution in [0.25, 0.3) is 33.6 Å². The Kier molecular flexibility index (Phi) is 5.41. The molecule has 0 bridgehead atoms. The number of fused-ring (bicyclic) bond motifs is 1. The third-order valence-corrected chi connectivity index (χ3v) is 5.07. The van der Waals surface area contributed by atoms with E-state index in [2.05, 4.69) is 38.7 Å². The number of hydrogen-bond donors (Lipinski definition) is 1. The molecule has 0 aliphatic rings. The molecule has 0 aliphatic carbocycles. The average molecular weight is 390 g/mol. The Morgan fingerprint density at radius 2 is 1.79 bits per heavy atom. The number of carbonyl (C=O) groups is 1. The highest BCUT2D eigenvalue weighted by Gasteiger charge is 2.09. The Bertz CT molecular complexity index is 1110. The van der Waals surface area contributed by atoms with Crippen LogP contribution in [0.15, 0.2) is 82.2 Å². The summed E-state index contributed by atoms with van der Waals surface area (Å²) in [6.07, 6.45) is 1.75. The smallest absolute Gasteiger partial charge is 0.320 e. The molecule has 0 atom stereocenters. The summed E-state index contributed by atoms with van der Waals surface area (Å²) in [7, 11) is 1.37.